The zero-order valence-corrected chi connectivity index (χ0v) is 15.1. The average Bonchev–Trinajstić information content (AvgIpc) is 2.61. The Hall–Kier alpha value is -1.42. The molecule has 0 bridgehead atoms. The fraction of sp³-hybridized carbons (Fsp3) is 0.611. The van der Waals surface area contributed by atoms with E-state index in [-0.39, 0.29) is 5.92 Å². The van der Waals surface area contributed by atoms with Gasteiger partial charge in [0.1, 0.15) is 0 Å². The van der Waals surface area contributed by atoms with E-state index in [1.54, 1.807) is 10.4 Å². The maximum atomic E-state index is 12.9. The Labute approximate surface area is 144 Å². The highest BCUT2D eigenvalue weighted by Crippen LogP contribution is 2.26. The largest absolute Gasteiger partial charge is 0.299 e. The van der Waals surface area contributed by atoms with Gasteiger partial charge in [-0.25, -0.2) is 8.42 Å². The molecule has 0 aromatic heterocycles. The van der Waals surface area contributed by atoms with Gasteiger partial charge in [0.15, 0.2) is 0 Å². The van der Waals surface area contributed by atoms with E-state index in [2.05, 4.69) is 11.0 Å². The van der Waals surface area contributed by atoms with Crippen LogP contribution in [0.25, 0.3) is 0 Å². The van der Waals surface area contributed by atoms with Gasteiger partial charge in [0.25, 0.3) is 0 Å². The third-order valence-corrected chi connectivity index (χ3v) is 6.94. The molecule has 130 valence electrons. The molecule has 3 rings (SSSR count). The second-order valence-electron chi connectivity index (χ2n) is 6.87. The normalized spacial score (nSPS) is 21.0. The molecule has 0 radical (unpaired) electrons. The van der Waals surface area contributed by atoms with Gasteiger partial charge in [0, 0.05) is 32.7 Å². The summed E-state index contributed by atoms with van der Waals surface area (Å²) < 4.78 is 27.4. The van der Waals surface area contributed by atoms with Gasteiger partial charge in [0.05, 0.1) is 16.9 Å². The number of piperazine rings is 1. The second kappa shape index (κ2) is 7.22. The highest BCUT2D eigenvalue weighted by atomic mass is 32.2. The Morgan fingerprint density at radius 3 is 2.46 bits per heavy atom. The lowest BCUT2D eigenvalue weighted by Crippen LogP contribution is -2.49. The molecule has 0 N–H and O–H groups in total. The van der Waals surface area contributed by atoms with E-state index in [1.807, 2.05) is 19.1 Å². The van der Waals surface area contributed by atoms with Gasteiger partial charge in [-0.3, -0.25) is 4.90 Å². The number of hydrogen-bond acceptors (Lipinski definition) is 4. The molecule has 1 aliphatic carbocycles. The number of nitriles is 1. The first-order valence-corrected chi connectivity index (χ1v) is 10.2. The van der Waals surface area contributed by atoms with E-state index in [0.29, 0.717) is 37.6 Å². The molecule has 1 atom stereocenters. The molecule has 0 spiro atoms. The van der Waals surface area contributed by atoms with Crippen molar-refractivity contribution in [2.75, 3.05) is 32.7 Å². The third-order valence-electron chi connectivity index (χ3n) is 5.04. The van der Waals surface area contributed by atoms with Crippen molar-refractivity contribution in [1.82, 2.24) is 9.21 Å². The summed E-state index contributed by atoms with van der Waals surface area (Å²) in [5.74, 6) is -0.0196. The summed E-state index contributed by atoms with van der Waals surface area (Å²) >= 11 is 0. The van der Waals surface area contributed by atoms with Crippen LogP contribution >= 0.6 is 0 Å². The Morgan fingerprint density at radius 1 is 1.12 bits per heavy atom. The first-order chi connectivity index (χ1) is 11.5. The topological polar surface area (TPSA) is 64.4 Å². The van der Waals surface area contributed by atoms with Crippen LogP contribution in [0, 0.1) is 17.2 Å². The fourth-order valence-corrected chi connectivity index (χ4v) is 5.07. The number of fused-ring (bicyclic) bond motifs is 1. The number of aryl methyl sites for hydroxylation is 2. The molecular weight excluding hydrogens is 322 g/mol. The molecule has 0 saturated carbocycles. The Morgan fingerprint density at radius 2 is 1.79 bits per heavy atom. The fourth-order valence-electron chi connectivity index (χ4n) is 3.60. The molecule has 2 aliphatic rings. The van der Waals surface area contributed by atoms with E-state index in [0.717, 1.165) is 19.3 Å². The average molecular weight is 347 g/mol. The van der Waals surface area contributed by atoms with Crippen LogP contribution in [-0.4, -0.2) is 50.3 Å². The molecule has 1 aromatic rings. The summed E-state index contributed by atoms with van der Waals surface area (Å²) in [6.07, 6.45) is 4.39. The summed E-state index contributed by atoms with van der Waals surface area (Å²) in [6, 6.07) is 7.88. The molecule has 1 heterocycles. The van der Waals surface area contributed by atoms with Crippen LogP contribution in [0.5, 0.6) is 0 Å². The van der Waals surface area contributed by atoms with Gasteiger partial charge >= 0.3 is 0 Å². The smallest absolute Gasteiger partial charge is 0.243 e. The molecule has 0 unspecified atom stereocenters. The molecule has 24 heavy (non-hydrogen) atoms. The molecule has 5 nitrogen and oxygen atoms in total. The second-order valence-corrected chi connectivity index (χ2v) is 8.81. The zero-order chi connectivity index (χ0) is 17.2. The predicted molar refractivity (Wildman–Crippen MR) is 93.1 cm³/mol. The van der Waals surface area contributed by atoms with Crippen molar-refractivity contribution in [2.24, 2.45) is 5.92 Å². The summed E-state index contributed by atoms with van der Waals surface area (Å²) in [5, 5.41) is 8.91. The Kier molecular flexibility index (Phi) is 5.24. The summed E-state index contributed by atoms with van der Waals surface area (Å²) in [7, 11) is -3.41. The number of hydrogen-bond donors (Lipinski definition) is 0. The summed E-state index contributed by atoms with van der Waals surface area (Å²) in [4.78, 5) is 2.61. The van der Waals surface area contributed by atoms with Crippen LogP contribution in [0.15, 0.2) is 23.1 Å². The van der Waals surface area contributed by atoms with Crippen molar-refractivity contribution in [1.29, 1.82) is 5.26 Å². The number of rotatable bonds is 4. The van der Waals surface area contributed by atoms with Crippen LogP contribution in [0.1, 0.15) is 30.9 Å². The number of nitrogens with zero attached hydrogens (tertiary/aromatic N) is 3. The molecular formula is C18H25N3O2S. The predicted octanol–water partition coefficient (Wildman–Crippen LogP) is 2.03. The van der Waals surface area contributed by atoms with E-state index < -0.39 is 10.0 Å². The lowest BCUT2D eigenvalue weighted by Gasteiger charge is -2.34. The van der Waals surface area contributed by atoms with Gasteiger partial charge in [-0.2, -0.15) is 9.57 Å². The van der Waals surface area contributed by atoms with E-state index in [1.165, 1.54) is 17.5 Å². The third kappa shape index (κ3) is 3.64. The highest BCUT2D eigenvalue weighted by Gasteiger charge is 2.29. The monoisotopic (exact) mass is 347 g/mol. The van der Waals surface area contributed by atoms with Crippen molar-refractivity contribution in [3.05, 3.63) is 29.3 Å². The lowest BCUT2D eigenvalue weighted by molar-refractivity contribution is 0.178. The Balaban J connectivity index is 1.70. The van der Waals surface area contributed by atoms with Crippen LogP contribution in [0.3, 0.4) is 0 Å². The molecule has 1 aliphatic heterocycles. The standard InChI is InChI=1S/C18H25N3O2S/c1-15(13-19)14-20-8-10-21(11-9-20)24(22,23)18-7-6-16-4-2-3-5-17(16)12-18/h6-7,12,15H,2-5,8-11,14H2,1H3/t15-/m1/s1. The molecule has 1 saturated heterocycles. The van der Waals surface area contributed by atoms with Crippen LogP contribution in [0.4, 0.5) is 0 Å². The van der Waals surface area contributed by atoms with Crippen molar-refractivity contribution >= 4 is 10.0 Å². The van der Waals surface area contributed by atoms with Crippen molar-refractivity contribution in [2.45, 2.75) is 37.5 Å². The zero-order valence-electron chi connectivity index (χ0n) is 14.2. The van der Waals surface area contributed by atoms with Crippen molar-refractivity contribution in [3.8, 4) is 6.07 Å². The minimum atomic E-state index is -3.41. The highest BCUT2D eigenvalue weighted by molar-refractivity contribution is 7.89. The van der Waals surface area contributed by atoms with Gasteiger partial charge in [-0.15, -0.1) is 0 Å². The van der Waals surface area contributed by atoms with Gasteiger partial charge in [-0.1, -0.05) is 6.07 Å². The SMILES string of the molecule is C[C@H](C#N)CN1CCN(S(=O)(=O)c2ccc3c(c2)CCCC3)CC1. The number of benzene rings is 1. The molecule has 0 amide bonds. The van der Waals surface area contributed by atoms with Gasteiger partial charge in [0.2, 0.25) is 10.0 Å². The molecule has 1 aromatic carbocycles. The minimum Gasteiger partial charge on any atom is -0.299 e. The van der Waals surface area contributed by atoms with Gasteiger partial charge in [-0.05, 0) is 55.9 Å². The van der Waals surface area contributed by atoms with Crippen molar-refractivity contribution < 1.29 is 8.42 Å². The van der Waals surface area contributed by atoms with Gasteiger partial charge < -0.3 is 0 Å². The van der Waals surface area contributed by atoms with Crippen molar-refractivity contribution in [3.63, 3.8) is 0 Å². The minimum absolute atomic E-state index is 0.0196. The maximum absolute atomic E-state index is 12.9. The van der Waals surface area contributed by atoms with Crippen LogP contribution < -0.4 is 0 Å². The maximum Gasteiger partial charge on any atom is 0.243 e. The summed E-state index contributed by atoms with van der Waals surface area (Å²) in [5.41, 5.74) is 2.50. The quantitative estimate of drug-likeness (QED) is 0.836. The lowest BCUT2D eigenvalue weighted by atomic mass is 9.92. The Bertz CT molecular complexity index is 731. The first-order valence-electron chi connectivity index (χ1n) is 8.74. The number of sulfonamides is 1. The van der Waals surface area contributed by atoms with Crippen LogP contribution in [-0.2, 0) is 22.9 Å². The summed E-state index contributed by atoms with van der Waals surface area (Å²) in [6.45, 7) is 4.99. The first kappa shape index (κ1) is 17.4. The van der Waals surface area contributed by atoms with E-state index in [9.17, 15) is 8.42 Å². The molecule has 1 fully saturated rings. The van der Waals surface area contributed by atoms with E-state index in [4.69, 9.17) is 5.26 Å². The molecule has 6 heteroatoms. The van der Waals surface area contributed by atoms with E-state index >= 15 is 0 Å². The van der Waals surface area contributed by atoms with Crippen LogP contribution in [0.2, 0.25) is 0 Å².